The molecule has 0 aromatic heterocycles. The molecule has 0 bridgehead atoms. The molecule has 1 N–H and O–H groups in total. The van der Waals surface area contributed by atoms with E-state index < -0.39 is 23.5 Å². The van der Waals surface area contributed by atoms with Gasteiger partial charge >= 0.3 is 6.18 Å². The van der Waals surface area contributed by atoms with Crippen LogP contribution in [0.5, 0.6) is 0 Å². The second-order valence-electron chi connectivity index (χ2n) is 6.24. The number of benzene rings is 2. The van der Waals surface area contributed by atoms with Gasteiger partial charge in [0.05, 0.1) is 11.3 Å². The SMILES string of the molecule is O=C(/C=C(/c1ccccc1)C(F)(F)F)Nc1c(F)cccc1N1CCCC1. The highest BCUT2D eigenvalue weighted by Gasteiger charge is 2.35. The van der Waals surface area contributed by atoms with Crippen molar-refractivity contribution in [3.63, 3.8) is 0 Å². The van der Waals surface area contributed by atoms with Crippen LogP contribution < -0.4 is 10.2 Å². The fraction of sp³-hybridized carbons (Fsp3) is 0.250. The lowest BCUT2D eigenvalue weighted by Crippen LogP contribution is -2.22. The van der Waals surface area contributed by atoms with Crippen molar-refractivity contribution in [1.82, 2.24) is 0 Å². The highest BCUT2D eigenvalue weighted by molar-refractivity contribution is 6.06. The number of alkyl halides is 3. The van der Waals surface area contributed by atoms with E-state index >= 15 is 0 Å². The summed E-state index contributed by atoms with van der Waals surface area (Å²) in [5, 5.41) is 2.30. The molecule has 0 atom stereocenters. The number of allylic oxidation sites excluding steroid dienone is 1. The van der Waals surface area contributed by atoms with Crippen LogP contribution >= 0.6 is 0 Å². The molecule has 0 aliphatic carbocycles. The third-order valence-electron chi connectivity index (χ3n) is 4.35. The summed E-state index contributed by atoms with van der Waals surface area (Å²) in [6.45, 7) is 1.42. The molecule has 1 aliphatic rings. The zero-order valence-electron chi connectivity index (χ0n) is 14.4. The van der Waals surface area contributed by atoms with Gasteiger partial charge < -0.3 is 10.2 Å². The van der Waals surface area contributed by atoms with Gasteiger partial charge in [-0.2, -0.15) is 13.2 Å². The zero-order chi connectivity index (χ0) is 19.4. The van der Waals surface area contributed by atoms with Crippen molar-refractivity contribution in [2.45, 2.75) is 19.0 Å². The van der Waals surface area contributed by atoms with Crippen molar-refractivity contribution < 1.29 is 22.4 Å². The summed E-state index contributed by atoms with van der Waals surface area (Å²) in [6.07, 6.45) is -2.37. The van der Waals surface area contributed by atoms with Gasteiger partial charge in [-0.15, -0.1) is 0 Å². The van der Waals surface area contributed by atoms with Crippen LogP contribution in [0.25, 0.3) is 5.57 Å². The zero-order valence-corrected chi connectivity index (χ0v) is 14.4. The van der Waals surface area contributed by atoms with Crippen molar-refractivity contribution in [3.05, 3.63) is 66.0 Å². The van der Waals surface area contributed by atoms with E-state index in [2.05, 4.69) is 5.32 Å². The van der Waals surface area contributed by atoms with Gasteiger partial charge in [-0.05, 0) is 30.5 Å². The predicted molar refractivity (Wildman–Crippen MR) is 97.0 cm³/mol. The highest BCUT2D eigenvalue weighted by atomic mass is 19.4. The molecule has 1 heterocycles. The number of anilines is 2. The van der Waals surface area contributed by atoms with Gasteiger partial charge in [0.2, 0.25) is 5.91 Å². The summed E-state index contributed by atoms with van der Waals surface area (Å²) in [5.74, 6) is -1.72. The quantitative estimate of drug-likeness (QED) is 0.599. The number of nitrogens with zero attached hydrogens (tertiary/aromatic N) is 1. The summed E-state index contributed by atoms with van der Waals surface area (Å²) < 4.78 is 54.4. The molecule has 1 amide bonds. The molecule has 1 aliphatic heterocycles. The van der Waals surface area contributed by atoms with E-state index in [4.69, 9.17) is 0 Å². The maximum absolute atomic E-state index is 14.3. The largest absolute Gasteiger partial charge is 0.417 e. The minimum absolute atomic E-state index is 0.102. The number of carbonyl (C=O) groups is 1. The summed E-state index contributed by atoms with van der Waals surface area (Å²) in [5.41, 5.74) is -0.842. The monoisotopic (exact) mass is 378 g/mol. The Morgan fingerprint density at radius 3 is 2.30 bits per heavy atom. The van der Waals surface area contributed by atoms with E-state index in [0.717, 1.165) is 12.8 Å². The van der Waals surface area contributed by atoms with Crippen LogP contribution in [0, 0.1) is 5.82 Å². The van der Waals surface area contributed by atoms with Crippen LogP contribution in [-0.4, -0.2) is 25.2 Å². The van der Waals surface area contributed by atoms with E-state index in [-0.39, 0.29) is 11.3 Å². The molecule has 2 aromatic rings. The average molecular weight is 378 g/mol. The van der Waals surface area contributed by atoms with Gasteiger partial charge in [-0.3, -0.25) is 4.79 Å². The number of halogens is 4. The standard InChI is InChI=1S/C20H18F4N2O/c21-16-9-6-10-17(26-11-4-5-12-26)19(16)25-18(27)13-15(20(22,23)24)14-7-2-1-3-8-14/h1-3,6-10,13H,4-5,11-12H2,(H,25,27)/b15-13-. The van der Waals surface area contributed by atoms with Crippen molar-refractivity contribution in [2.75, 3.05) is 23.3 Å². The van der Waals surface area contributed by atoms with Crippen molar-refractivity contribution >= 4 is 22.9 Å². The molecule has 142 valence electrons. The van der Waals surface area contributed by atoms with Crippen molar-refractivity contribution in [1.29, 1.82) is 0 Å². The van der Waals surface area contributed by atoms with Crippen LogP contribution in [0.1, 0.15) is 18.4 Å². The van der Waals surface area contributed by atoms with E-state index in [1.165, 1.54) is 36.4 Å². The first kappa shape index (κ1) is 18.9. The number of nitrogens with one attached hydrogen (secondary N) is 1. The predicted octanol–water partition coefficient (Wildman–Crippen LogP) is 5.01. The minimum Gasteiger partial charge on any atom is -0.370 e. The van der Waals surface area contributed by atoms with E-state index in [9.17, 15) is 22.4 Å². The molecule has 0 saturated carbocycles. The summed E-state index contributed by atoms with van der Waals surface area (Å²) in [7, 11) is 0. The van der Waals surface area contributed by atoms with Gasteiger partial charge in [0.1, 0.15) is 11.5 Å². The minimum atomic E-state index is -4.72. The van der Waals surface area contributed by atoms with E-state index in [0.29, 0.717) is 24.9 Å². The number of hydrogen-bond acceptors (Lipinski definition) is 2. The number of hydrogen-bond donors (Lipinski definition) is 1. The molecule has 27 heavy (non-hydrogen) atoms. The summed E-state index contributed by atoms with van der Waals surface area (Å²) in [6, 6.07) is 11.4. The van der Waals surface area contributed by atoms with Crippen LogP contribution in [0.15, 0.2) is 54.6 Å². The maximum Gasteiger partial charge on any atom is 0.417 e. The van der Waals surface area contributed by atoms with Gasteiger partial charge in [0.25, 0.3) is 0 Å². The van der Waals surface area contributed by atoms with Crippen LogP contribution in [0.3, 0.4) is 0 Å². The number of carbonyl (C=O) groups excluding carboxylic acids is 1. The Hall–Kier alpha value is -2.83. The Balaban J connectivity index is 1.91. The van der Waals surface area contributed by atoms with Gasteiger partial charge in [0.15, 0.2) is 0 Å². The average Bonchev–Trinajstić information content (AvgIpc) is 3.15. The van der Waals surface area contributed by atoms with Crippen LogP contribution in [-0.2, 0) is 4.79 Å². The first-order valence-electron chi connectivity index (χ1n) is 8.55. The second-order valence-corrected chi connectivity index (χ2v) is 6.24. The van der Waals surface area contributed by atoms with E-state index in [1.54, 1.807) is 12.1 Å². The second kappa shape index (κ2) is 7.82. The molecule has 7 heteroatoms. The molecule has 3 rings (SSSR count). The lowest BCUT2D eigenvalue weighted by Gasteiger charge is -2.21. The molecule has 0 radical (unpaired) electrons. The van der Waals surface area contributed by atoms with Crippen molar-refractivity contribution in [3.8, 4) is 0 Å². The molecular weight excluding hydrogens is 360 g/mol. The maximum atomic E-state index is 14.3. The molecule has 2 aromatic carbocycles. The fourth-order valence-corrected chi connectivity index (χ4v) is 3.09. The smallest absolute Gasteiger partial charge is 0.370 e. The van der Waals surface area contributed by atoms with Gasteiger partial charge in [-0.25, -0.2) is 4.39 Å². The first-order valence-corrected chi connectivity index (χ1v) is 8.55. The number of amides is 1. The van der Waals surface area contributed by atoms with Crippen molar-refractivity contribution in [2.24, 2.45) is 0 Å². The Labute approximate surface area is 154 Å². The lowest BCUT2D eigenvalue weighted by atomic mass is 10.1. The molecule has 3 nitrogen and oxygen atoms in total. The van der Waals surface area contributed by atoms with Crippen LogP contribution in [0.2, 0.25) is 0 Å². The molecule has 0 spiro atoms. The Bertz CT molecular complexity index is 841. The van der Waals surface area contributed by atoms with Gasteiger partial charge in [0, 0.05) is 19.2 Å². The third kappa shape index (κ3) is 4.48. The molecular formula is C20H18F4N2O. The van der Waals surface area contributed by atoms with Crippen LogP contribution in [0.4, 0.5) is 28.9 Å². The Kier molecular flexibility index (Phi) is 5.48. The first-order chi connectivity index (χ1) is 12.9. The summed E-state index contributed by atoms with van der Waals surface area (Å²) in [4.78, 5) is 14.2. The third-order valence-corrected chi connectivity index (χ3v) is 4.35. The fourth-order valence-electron chi connectivity index (χ4n) is 3.09. The van der Waals surface area contributed by atoms with E-state index in [1.807, 2.05) is 4.90 Å². The molecule has 1 saturated heterocycles. The highest BCUT2D eigenvalue weighted by Crippen LogP contribution is 2.35. The molecule has 0 unspecified atom stereocenters. The number of para-hydroxylation sites is 1. The number of rotatable bonds is 4. The topological polar surface area (TPSA) is 32.3 Å². The van der Waals surface area contributed by atoms with Gasteiger partial charge in [-0.1, -0.05) is 36.4 Å². The Morgan fingerprint density at radius 2 is 1.67 bits per heavy atom. The normalized spacial score (nSPS) is 15.1. The summed E-state index contributed by atoms with van der Waals surface area (Å²) >= 11 is 0. The lowest BCUT2D eigenvalue weighted by molar-refractivity contribution is -0.112. The molecule has 1 fully saturated rings. The Morgan fingerprint density at radius 1 is 1.00 bits per heavy atom.